The van der Waals surface area contributed by atoms with Crippen LogP contribution in [0.3, 0.4) is 0 Å². The van der Waals surface area contributed by atoms with Crippen LogP contribution < -0.4 is 5.32 Å². The summed E-state index contributed by atoms with van der Waals surface area (Å²) in [5.41, 5.74) is 0. The largest absolute Gasteiger partial charge is 0.480 e. The second-order valence-corrected chi connectivity index (χ2v) is 4.38. The van der Waals surface area contributed by atoms with Gasteiger partial charge in [0.1, 0.15) is 12.6 Å². The van der Waals surface area contributed by atoms with E-state index in [0.717, 1.165) is 0 Å². The number of carbonyl (C=O) groups excluding carboxylic acids is 2. The molecule has 0 aromatic heterocycles. The third-order valence-corrected chi connectivity index (χ3v) is 2.50. The van der Waals surface area contributed by atoms with E-state index in [1.54, 1.807) is 20.8 Å². The van der Waals surface area contributed by atoms with Crippen molar-refractivity contribution in [3.8, 4) is 0 Å². The highest BCUT2D eigenvalue weighted by molar-refractivity contribution is 5.85. The number of rotatable bonds is 8. The lowest BCUT2D eigenvalue weighted by molar-refractivity contribution is -0.144. The number of esters is 1. The molecule has 0 aliphatic carbocycles. The van der Waals surface area contributed by atoms with Gasteiger partial charge in [-0.3, -0.25) is 4.79 Å². The van der Waals surface area contributed by atoms with Gasteiger partial charge >= 0.3 is 18.0 Å². The zero-order valence-electron chi connectivity index (χ0n) is 12.0. The van der Waals surface area contributed by atoms with E-state index in [4.69, 9.17) is 14.9 Å². The van der Waals surface area contributed by atoms with Crippen molar-refractivity contribution in [1.29, 1.82) is 0 Å². The number of aliphatic hydroxyl groups is 1. The molecular formula is C12H22N2O6. The van der Waals surface area contributed by atoms with Crippen LogP contribution in [0.2, 0.25) is 0 Å². The Morgan fingerprint density at radius 2 is 1.90 bits per heavy atom. The average molecular weight is 290 g/mol. The molecule has 3 N–H and O–H groups in total. The van der Waals surface area contributed by atoms with Crippen molar-refractivity contribution < 1.29 is 29.3 Å². The highest BCUT2D eigenvalue weighted by atomic mass is 16.5. The Morgan fingerprint density at radius 3 is 2.30 bits per heavy atom. The highest BCUT2D eigenvalue weighted by Crippen LogP contribution is 2.02. The van der Waals surface area contributed by atoms with Crippen LogP contribution in [0.4, 0.5) is 4.79 Å². The summed E-state index contributed by atoms with van der Waals surface area (Å²) in [6.45, 7) is 4.62. The fourth-order valence-electron chi connectivity index (χ4n) is 1.45. The van der Waals surface area contributed by atoms with Crippen molar-refractivity contribution in [3.63, 3.8) is 0 Å². The van der Waals surface area contributed by atoms with Gasteiger partial charge in [0.25, 0.3) is 0 Å². The molecule has 8 nitrogen and oxygen atoms in total. The number of urea groups is 1. The normalized spacial score (nSPS) is 11.8. The van der Waals surface area contributed by atoms with E-state index < -0.39 is 24.0 Å². The standard InChI is InChI=1S/C12H22N2O6/c1-4-20-10(16)7-14(8(2)3)12(19)13-9(5-6-15)11(17)18/h8-9,15H,4-7H2,1-3H3,(H,13,19)(H,17,18)/t9-/m1/s1. The number of carboxylic acids is 1. The van der Waals surface area contributed by atoms with Gasteiger partial charge in [0.2, 0.25) is 0 Å². The van der Waals surface area contributed by atoms with Crippen LogP contribution in [-0.2, 0) is 14.3 Å². The van der Waals surface area contributed by atoms with Crippen LogP contribution in [0.25, 0.3) is 0 Å². The van der Waals surface area contributed by atoms with E-state index in [-0.39, 0.29) is 32.2 Å². The quantitative estimate of drug-likeness (QED) is 0.533. The van der Waals surface area contributed by atoms with Crippen molar-refractivity contribution in [3.05, 3.63) is 0 Å². The molecule has 8 heteroatoms. The first-order chi connectivity index (χ1) is 9.33. The van der Waals surface area contributed by atoms with Crippen molar-refractivity contribution in [2.45, 2.75) is 39.3 Å². The minimum atomic E-state index is -1.24. The highest BCUT2D eigenvalue weighted by Gasteiger charge is 2.25. The maximum atomic E-state index is 12.0. The van der Waals surface area contributed by atoms with Gasteiger partial charge in [0.05, 0.1) is 6.61 Å². The minimum Gasteiger partial charge on any atom is -0.480 e. The number of aliphatic hydroxyl groups excluding tert-OH is 1. The predicted octanol–water partition coefficient (Wildman–Crippen LogP) is -0.195. The molecule has 20 heavy (non-hydrogen) atoms. The number of nitrogens with one attached hydrogen (secondary N) is 1. The van der Waals surface area contributed by atoms with E-state index >= 15 is 0 Å². The van der Waals surface area contributed by atoms with Crippen LogP contribution in [0, 0.1) is 0 Å². The number of hydrogen-bond acceptors (Lipinski definition) is 5. The Hall–Kier alpha value is -1.83. The number of carbonyl (C=O) groups is 3. The Labute approximate surface area is 117 Å². The Balaban J connectivity index is 4.71. The molecule has 0 saturated carbocycles. The molecule has 0 heterocycles. The minimum absolute atomic E-state index is 0.105. The first kappa shape index (κ1) is 18.2. The molecule has 2 amide bonds. The van der Waals surface area contributed by atoms with Crippen molar-refractivity contribution >= 4 is 18.0 Å². The Bertz CT molecular complexity index is 345. The molecule has 1 atom stereocenters. The third-order valence-electron chi connectivity index (χ3n) is 2.50. The van der Waals surface area contributed by atoms with Crippen LogP contribution >= 0.6 is 0 Å². The van der Waals surface area contributed by atoms with Crippen molar-refractivity contribution in [1.82, 2.24) is 10.2 Å². The zero-order chi connectivity index (χ0) is 15.7. The van der Waals surface area contributed by atoms with Crippen LogP contribution in [-0.4, -0.2) is 64.9 Å². The van der Waals surface area contributed by atoms with E-state index in [9.17, 15) is 14.4 Å². The molecule has 0 bridgehead atoms. The fraction of sp³-hybridized carbons (Fsp3) is 0.750. The van der Waals surface area contributed by atoms with E-state index in [2.05, 4.69) is 5.32 Å². The van der Waals surface area contributed by atoms with Crippen molar-refractivity contribution in [2.75, 3.05) is 19.8 Å². The van der Waals surface area contributed by atoms with Gasteiger partial charge in [-0.2, -0.15) is 0 Å². The summed E-state index contributed by atoms with van der Waals surface area (Å²) in [6.07, 6.45) is -0.105. The molecule has 0 fully saturated rings. The summed E-state index contributed by atoms with van der Waals surface area (Å²) >= 11 is 0. The van der Waals surface area contributed by atoms with Gasteiger partial charge in [0.15, 0.2) is 0 Å². The smallest absolute Gasteiger partial charge is 0.326 e. The number of hydrogen-bond donors (Lipinski definition) is 3. The van der Waals surface area contributed by atoms with Gasteiger partial charge in [-0.15, -0.1) is 0 Å². The second-order valence-electron chi connectivity index (χ2n) is 4.38. The number of nitrogens with zero attached hydrogens (tertiary/aromatic N) is 1. The number of amides is 2. The maximum absolute atomic E-state index is 12.0. The van der Waals surface area contributed by atoms with Crippen LogP contribution in [0.5, 0.6) is 0 Å². The monoisotopic (exact) mass is 290 g/mol. The van der Waals surface area contributed by atoms with Gasteiger partial charge in [-0.05, 0) is 20.8 Å². The molecule has 0 radical (unpaired) electrons. The lowest BCUT2D eigenvalue weighted by Crippen LogP contribution is -2.52. The van der Waals surface area contributed by atoms with E-state index in [1.807, 2.05) is 0 Å². The molecule has 116 valence electrons. The van der Waals surface area contributed by atoms with E-state index in [0.29, 0.717) is 0 Å². The molecule has 0 saturated heterocycles. The van der Waals surface area contributed by atoms with Gasteiger partial charge in [-0.25, -0.2) is 9.59 Å². The molecule has 0 aromatic carbocycles. The number of aliphatic carboxylic acids is 1. The molecule has 0 unspecified atom stereocenters. The van der Waals surface area contributed by atoms with E-state index in [1.165, 1.54) is 4.90 Å². The Kier molecular flexibility index (Phi) is 8.30. The summed E-state index contributed by atoms with van der Waals surface area (Å²) in [6, 6.07) is -2.19. The molecule has 0 spiro atoms. The second kappa shape index (κ2) is 9.13. The maximum Gasteiger partial charge on any atom is 0.326 e. The molecule has 0 aliphatic heterocycles. The summed E-state index contributed by atoms with van der Waals surface area (Å²) in [5, 5.41) is 19.9. The topological polar surface area (TPSA) is 116 Å². The first-order valence-electron chi connectivity index (χ1n) is 6.39. The summed E-state index contributed by atoms with van der Waals surface area (Å²) < 4.78 is 4.76. The Morgan fingerprint density at radius 1 is 1.30 bits per heavy atom. The van der Waals surface area contributed by atoms with Gasteiger partial charge < -0.3 is 25.2 Å². The fourth-order valence-corrected chi connectivity index (χ4v) is 1.45. The molecule has 0 aliphatic rings. The lowest BCUT2D eigenvalue weighted by Gasteiger charge is -2.27. The summed E-state index contributed by atoms with van der Waals surface area (Å²) in [5.74, 6) is -1.81. The predicted molar refractivity (Wildman–Crippen MR) is 70.1 cm³/mol. The van der Waals surface area contributed by atoms with Crippen molar-refractivity contribution in [2.24, 2.45) is 0 Å². The van der Waals surface area contributed by atoms with Gasteiger partial charge in [-0.1, -0.05) is 0 Å². The average Bonchev–Trinajstić information content (AvgIpc) is 2.35. The van der Waals surface area contributed by atoms with Gasteiger partial charge in [0, 0.05) is 19.1 Å². The summed E-state index contributed by atoms with van der Waals surface area (Å²) in [7, 11) is 0. The molecule has 0 rings (SSSR count). The van der Waals surface area contributed by atoms with Crippen LogP contribution in [0.1, 0.15) is 27.2 Å². The number of carboxylic acid groups (broad SMARTS) is 1. The molecular weight excluding hydrogens is 268 g/mol. The lowest BCUT2D eigenvalue weighted by atomic mass is 10.2. The first-order valence-corrected chi connectivity index (χ1v) is 6.39. The molecule has 0 aromatic rings. The number of ether oxygens (including phenoxy) is 1. The SMILES string of the molecule is CCOC(=O)CN(C(=O)N[C@H](CCO)C(=O)O)C(C)C. The third kappa shape index (κ3) is 6.37. The zero-order valence-corrected chi connectivity index (χ0v) is 12.0. The van der Waals surface area contributed by atoms with Crippen LogP contribution in [0.15, 0.2) is 0 Å². The summed E-state index contributed by atoms with van der Waals surface area (Å²) in [4.78, 5) is 35.5.